The summed E-state index contributed by atoms with van der Waals surface area (Å²) in [6.07, 6.45) is 0.834. The highest BCUT2D eigenvalue weighted by molar-refractivity contribution is 5.69. The maximum absolute atomic E-state index is 13.8. The highest BCUT2D eigenvalue weighted by atomic mass is 19.2. The standard InChI is InChI=1S/C12H16F2N2O/c1-7-4-5-16(10(7)6-17)12-9(15)3-2-8(13)11(12)14/h2-3,7,10,17H,4-6,15H2,1H3. The molecule has 1 aliphatic heterocycles. The number of aliphatic hydroxyl groups excluding tert-OH is 1. The molecule has 1 aromatic rings. The fourth-order valence-corrected chi connectivity index (χ4v) is 2.41. The zero-order chi connectivity index (χ0) is 12.6. The molecule has 0 radical (unpaired) electrons. The summed E-state index contributed by atoms with van der Waals surface area (Å²) >= 11 is 0. The van der Waals surface area contributed by atoms with Gasteiger partial charge in [-0.25, -0.2) is 8.78 Å². The van der Waals surface area contributed by atoms with Crippen LogP contribution in [-0.2, 0) is 0 Å². The Hall–Kier alpha value is -1.36. The van der Waals surface area contributed by atoms with E-state index in [4.69, 9.17) is 5.73 Å². The molecule has 0 amide bonds. The summed E-state index contributed by atoms with van der Waals surface area (Å²) in [7, 11) is 0. The van der Waals surface area contributed by atoms with E-state index in [0.717, 1.165) is 12.5 Å². The van der Waals surface area contributed by atoms with E-state index in [1.54, 1.807) is 4.90 Å². The van der Waals surface area contributed by atoms with Crippen molar-refractivity contribution in [3.63, 3.8) is 0 Å². The van der Waals surface area contributed by atoms with Gasteiger partial charge in [0.15, 0.2) is 11.6 Å². The van der Waals surface area contributed by atoms with E-state index in [9.17, 15) is 13.9 Å². The number of benzene rings is 1. The van der Waals surface area contributed by atoms with Crippen molar-refractivity contribution in [2.24, 2.45) is 5.92 Å². The highest BCUT2D eigenvalue weighted by Gasteiger charge is 2.33. The fourth-order valence-electron chi connectivity index (χ4n) is 2.41. The van der Waals surface area contributed by atoms with Crippen molar-refractivity contribution >= 4 is 11.4 Å². The van der Waals surface area contributed by atoms with Gasteiger partial charge in [-0.1, -0.05) is 6.92 Å². The van der Waals surface area contributed by atoms with E-state index in [-0.39, 0.29) is 29.9 Å². The quantitative estimate of drug-likeness (QED) is 0.777. The van der Waals surface area contributed by atoms with E-state index < -0.39 is 11.6 Å². The summed E-state index contributed by atoms with van der Waals surface area (Å²) in [6.45, 7) is 2.47. The molecule has 0 saturated carbocycles. The van der Waals surface area contributed by atoms with E-state index >= 15 is 0 Å². The van der Waals surface area contributed by atoms with Crippen LogP contribution < -0.4 is 10.6 Å². The van der Waals surface area contributed by atoms with Crippen LogP contribution in [0.2, 0.25) is 0 Å². The van der Waals surface area contributed by atoms with E-state index in [1.807, 2.05) is 6.92 Å². The molecule has 2 unspecified atom stereocenters. The van der Waals surface area contributed by atoms with Gasteiger partial charge in [-0.3, -0.25) is 0 Å². The normalized spacial score (nSPS) is 24.4. The third kappa shape index (κ3) is 1.95. The molecule has 1 aliphatic rings. The molecule has 5 heteroatoms. The van der Waals surface area contributed by atoms with Crippen molar-refractivity contribution in [3.05, 3.63) is 23.8 Å². The summed E-state index contributed by atoms with van der Waals surface area (Å²) in [5, 5.41) is 9.32. The topological polar surface area (TPSA) is 49.5 Å². The largest absolute Gasteiger partial charge is 0.397 e. The summed E-state index contributed by atoms with van der Waals surface area (Å²) in [4.78, 5) is 1.67. The van der Waals surface area contributed by atoms with Gasteiger partial charge in [-0.15, -0.1) is 0 Å². The minimum atomic E-state index is -0.933. The first-order chi connectivity index (χ1) is 8.06. The van der Waals surface area contributed by atoms with Crippen LogP contribution in [0.3, 0.4) is 0 Å². The summed E-state index contributed by atoms with van der Waals surface area (Å²) in [6, 6.07) is 2.17. The second-order valence-corrected chi connectivity index (χ2v) is 4.51. The van der Waals surface area contributed by atoms with Crippen molar-refractivity contribution in [2.45, 2.75) is 19.4 Å². The molecule has 0 aromatic heterocycles. The van der Waals surface area contributed by atoms with E-state index in [2.05, 4.69) is 0 Å². The highest BCUT2D eigenvalue weighted by Crippen LogP contribution is 2.35. The molecule has 1 saturated heterocycles. The summed E-state index contributed by atoms with van der Waals surface area (Å²) in [5.74, 6) is -1.61. The Labute approximate surface area is 98.8 Å². The van der Waals surface area contributed by atoms with Gasteiger partial charge in [-0.2, -0.15) is 0 Å². The first-order valence-corrected chi connectivity index (χ1v) is 5.67. The molecule has 17 heavy (non-hydrogen) atoms. The molecule has 2 rings (SSSR count). The Kier molecular flexibility index (Phi) is 3.19. The third-order valence-electron chi connectivity index (χ3n) is 3.46. The predicted octanol–water partition coefficient (Wildman–Crippen LogP) is 1.75. The second kappa shape index (κ2) is 4.49. The molecule has 94 valence electrons. The van der Waals surface area contributed by atoms with Crippen LogP contribution in [0.25, 0.3) is 0 Å². The van der Waals surface area contributed by atoms with E-state index in [1.165, 1.54) is 6.07 Å². The Morgan fingerprint density at radius 2 is 2.18 bits per heavy atom. The van der Waals surface area contributed by atoms with Gasteiger partial charge < -0.3 is 15.7 Å². The number of nitrogen functional groups attached to an aromatic ring is 1. The van der Waals surface area contributed by atoms with Crippen LogP contribution in [0.5, 0.6) is 0 Å². The molecule has 3 N–H and O–H groups in total. The fraction of sp³-hybridized carbons (Fsp3) is 0.500. The molecular formula is C12H16F2N2O. The Morgan fingerprint density at radius 3 is 2.82 bits per heavy atom. The molecule has 1 heterocycles. The average molecular weight is 242 g/mol. The number of rotatable bonds is 2. The van der Waals surface area contributed by atoms with Crippen LogP contribution in [0.15, 0.2) is 12.1 Å². The van der Waals surface area contributed by atoms with Gasteiger partial charge in [0.1, 0.15) is 0 Å². The molecule has 2 atom stereocenters. The maximum atomic E-state index is 13.8. The van der Waals surface area contributed by atoms with Crippen LogP contribution in [0, 0.1) is 17.6 Å². The monoisotopic (exact) mass is 242 g/mol. The number of halogens is 2. The second-order valence-electron chi connectivity index (χ2n) is 4.51. The smallest absolute Gasteiger partial charge is 0.184 e. The van der Waals surface area contributed by atoms with Gasteiger partial charge in [-0.05, 0) is 24.5 Å². The molecule has 0 spiro atoms. The first kappa shape index (κ1) is 12.1. The minimum absolute atomic E-state index is 0.0772. The van der Waals surface area contributed by atoms with E-state index in [0.29, 0.717) is 6.54 Å². The SMILES string of the molecule is CC1CCN(c2c(N)ccc(F)c2F)C1CO. The van der Waals surface area contributed by atoms with Crippen LogP contribution in [0.1, 0.15) is 13.3 Å². The minimum Gasteiger partial charge on any atom is -0.397 e. The molecule has 1 fully saturated rings. The average Bonchev–Trinajstić information content (AvgIpc) is 2.66. The molecule has 3 nitrogen and oxygen atoms in total. The summed E-state index contributed by atoms with van der Waals surface area (Å²) in [5.41, 5.74) is 5.98. The Balaban J connectivity index is 2.43. The van der Waals surface area contributed by atoms with Gasteiger partial charge in [0.2, 0.25) is 0 Å². The Bertz CT molecular complexity index is 425. The zero-order valence-corrected chi connectivity index (χ0v) is 9.66. The van der Waals surface area contributed by atoms with Gasteiger partial charge in [0.05, 0.1) is 24.0 Å². The number of anilines is 2. The molecule has 1 aromatic carbocycles. The van der Waals surface area contributed by atoms with Crippen molar-refractivity contribution in [3.8, 4) is 0 Å². The zero-order valence-electron chi connectivity index (χ0n) is 9.66. The number of nitrogens with two attached hydrogens (primary N) is 1. The number of aliphatic hydroxyl groups is 1. The van der Waals surface area contributed by atoms with Crippen LogP contribution >= 0.6 is 0 Å². The maximum Gasteiger partial charge on any atom is 0.184 e. The third-order valence-corrected chi connectivity index (χ3v) is 3.46. The first-order valence-electron chi connectivity index (χ1n) is 5.67. The molecular weight excluding hydrogens is 226 g/mol. The predicted molar refractivity (Wildman–Crippen MR) is 62.8 cm³/mol. The number of hydrogen-bond acceptors (Lipinski definition) is 3. The van der Waals surface area contributed by atoms with Crippen molar-refractivity contribution in [2.75, 3.05) is 23.8 Å². The van der Waals surface area contributed by atoms with Gasteiger partial charge in [0, 0.05) is 6.54 Å². The van der Waals surface area contributed by atoms with Crippen molar-refractivity contribution in [1.82, 2.24) is 0 Å². The van der Waals surface area contributed by atoms with Gasteiger partial charge in [0.25, 0.3) is 0 Å². The lowest BCUT2D eigenvalue weighted by Crippen LogP contribution is -2.36. The molecule has 0 bridgehead atoms. The van der Waals surface area contributed by atoms with Crippen LogP contribution in [-0.4, -0.2) is 24.3 Å². The lowest BCUT2D eigenvalue weighted by Gasteiger charge is -2.28. The molecule has 0 aliphatic carbocycles. The number of hydrogen-bond donors (Lipinski definition) is 2. The van der Waals surface area contributed by atoms with Crippen LogP contribution in [0.4, 0.5) is 20.2 Å². The van der Waals surface area contributed by atoms with Gasteiger partial charge >= 0.3 is 0 Å². The van der Waals surface area contributed by atoms with Crippen molar-refractivity contribution in [1.29, 1.82) is 0 Å². The Morgan fingerprint density at radius 1 is 1.47 bits per heavy atom. The number of nitrogens with zero attached hydrogens (tertiary/aromatic N) is 1. The van der Waals surface area contributed by atoms with Crippen molar-refractivity contribution < 1.29 is 13.9 Å². The lowest BCUT2D eigenvalue weighted by atomic mass is 10.0. The lowest BCUT2D eigenvalue weighted by molar-refractivity contribution is 0.244. The summed E-state index contributed by atoms with van der Waals surface area (Å²) < 4.78 is 27.0.